The van der Waals surface area contributed by atoms with Crippen molar-refractivity contribution in [2.24, 2.45) is 0 Å². The molecule has 1 aromatic carbocycles. The van der Waals surface area contributed by atoms with Gasteiger partial charge in [0.2, 0.25) is 0 Å². The Morgan fingerprint density at radius 2 is 1.87 bits per heavy atom. The highest BCUT2D eigenvalue weighted by molar-refractivity contribution is 5.94. The molecule has 0 atom stereocenters. The van der Waals surface area contributed by atoms with E-state index >= 15 is 4.39 Å². The van der Waals surface area contributed by atoms with Gasteiger partial charge in [-0.15, -0.1) is 10.2 Å². The van der Waals surface area contributed by atoms with Crippen molar-refractivity contribution in [2.75, 3.05) is 5.32 Å². The number of aryl methyl sites for hydroxylation is 1. The van der Waals surface area contributed by atoms with E-state index in [1.807, 2.05) is 0 Å². The highest BCUT2D eigenvalue weighted by Crippen LogP contribution is 2.48. The Hall–Kier alpha value is -3.43. The lowest BCUT2D eigenvalue weighted by Crippen LogP contribution is -2.37. The minimum atomic E-state index is -4.71. The lowest BCUT2D eigenvalue weighted by Gasteiger charge is -2.36. The van der Waals surface area contributed by atoms with Crippen molar-refractivity contribution in [2.45, 2.75) is 32.5 Å². The molecule has 1 aliphatic rings. The van der Waals surface area contributed by atoms with Crippen LogP contribution in [0.15, 0.2) is 30.6 Å². The van der Waals surface area contributed by atoms with Crippen LogP contribution in [0.4, 0.5) is 23.2 Å². The van der Waals surface area contributed by atoms with Gasteiger partial charge < -0.3 is 10.3 Å². The molecular weight excluding hydrogens is 400 g/mol. The van der Waals surface area contributed by atoms with E-state index in [1.165, 1.54) is 16.8 Å². The van der Waals surface area contributed by atoms with Crippen molar-refractivity contribution in [3.05, 3.63) is 53.6 Å². The molecule has 0 fully saturated rings. The molecule has 4 heterocycles. The smallest absolute Gasteiger partial charge is 0.371 e. The first-order chi connectivity index (χ1) is 14.1. The van der Waals surface area contributed by atoms with Gasteiger partial charge in [-0.2, -0.15) is 13.2 Å². The predicted molar refractivity (Wildman–Crippen MR) is 103 cm³/mol. The third-order valence-electron chi connectivity index (χ3n) is 5.34. The van der Waals surface area contributed by atoms with E-state index in [1.54, 1.807) is 33.0 Å². The van der Waals surface area contributed by atoms with Gasteiger partial charge in [-0.05, 0) is 44.5 Å². The molecule has 0 saturated carbocycles. The number of aromatic nitrogens is 5. The van der Waals surface area contributed by atoms with Crippen molar-refractivity contribution in [1.29, 1.82) is 0 Å². The predicted octanol–water partition coefficient (Wildman–Crippen LogP) is 4.94. The molecule has 0 spiro atoms. The van der Waals surface area contributed by atoms with E-state index in [0.717, 1.165) is 6.07 Å². The zero-order valence-corrected chi connectivity index (χ0v) is 16.2. The molecule has 10 heteroatoms. The largest absolute Gasteiger partial charge is 0.418 e. The first-order valence-corrected chi connectivity index (χ1v) is 9.17. The zero-order chi connectivity index (χ0) is 21.4. The van der Waals surface area contributed by atoms with Gasteiger partial charge in [-0.25, -0.2) is 9.37 Å². The molecule has 5 rings (SSSR count). The molecule has 0 bridgehead atoms. The SMILES string of the molecule is Cc1nnc2n1-c1c(F)c(-c3ccnc4[nH]ccc34)cc(C(F)(F)F)c1NC2(C)C. The van der Waals surface area contributed by atoms with E-state index in [2.05, 4.69) is 25.5 Å². The lowest BCUT2D eigenvalue weighted by atomic mass is 9.93. The monoisotopic (exact) mass is 416 g/mol. The van der Waals surface area contributed by atoms with Gasteiger partial charge in [0, 0.05) is 23.3 Å². The minimum absolute atomic E-state index is 0.173. The Labute approximate surface area is 168 Å². The molecule has 2 N–H and O–H groups in total. The third kappa shape index (κ3) is 2.45. The Bertz CT molecular complexity index is 1320. The summed E-state index contributed by atoms with van der Waals surface area (Å²) in [5.74, 6) is -0.163. The van der Waals surface area contributed by atoms with Crippen molar-refractivity contribution >= 4 is 16.7 Å². The lowest BCUT2D eigenvalue weighted by molar-refractivity contribution is -0.137. The first-order valence-electron chi connectivity index (χ1n) is 9.17. The van der Waals surface area contributed by atoms with Gasteiger partial charge in [0.15, 0.2) is 11.6 Å². The number of alkyl halides is 3. The normalized spacial score (nSPS) is 15.0. The average molecular weight is 416 g/mol. The number of halogens is 4. The number of hydrogen-bond donors (Lipinski definition) is 2. The fourth-order valence-corrected chi connectivity index (χ4v) is 4.00. The van der Waals surface area contributed by atoms with Crippen LogP contribution in [0.2, 0.25) is 0 Å². The summed E-state index contributed by atoms with van der Waals surface area (Å²) >= 11 is 0. The topological polar surface area (TPSA) is 71.4 Å². The third-order valence-corrected chi connectivity index (χ3v) is 5.34. The summed E-state index contributed by atoms with van der Waals surface area (Å²) in [5, 5.41) is 11.4. The summed E-state index contributed by atoms with van der Waals surface area (Å²) in [4.78, 5) is 7.03. The molecule has 30 heavy (non-hydrogen) atoms. The van der Waals surface area contributed by atoms with Crippen LogP contribution in [-0.4, -0.2) is 24.7 Å². The number of nitrogens with zero attached hydrogens (tertiary/aromatic N) is 4. The molecule has 154 valence electrons. The zero-order valence-electron chi connectivity index (χ0n) is 16.2. The molecule has 0 aliphatic carbocycles. The first kappa shape index (κ1) is 18.6. The summed E-state index contributed by atoms with van der Waals surface area (Å²) in [6, 6.07) is 4.01. The Morgan fingerprint density at radius 3 is 2.60 bits per heavy atom. The maximum Gasteiger partial charge on any atom is 0.418 e. The van der Waals surface area contributed by atoms with Gasteiger partial charge in [0.25, 0.3) is 0 Å². The molecular formula is C20H16F4N6. The van der Waals surface area contributed by atoms with Gasteiger partial charge in [0.1, 0.15) is 17.2 Å². The van der Waals surface area contributed by atoms with Crippen LogP contribution in [0.25, 0.3) is 27.8 Å². The van der Waals surface area contributed by atoms with Crippen molar-refractivity contribution in [3.63, 3.8) is 0 Å². The second kappa shape index (κ2) is 5.80. The number of aromatic amines is 1. The number of pyridine rings is 1. The maximum atomic E-state index is 15.9. The van der Waals surface area contributed by atoms with Gasteiger partial charge in [0.05, 0.1) is 16.8 Å². The van der Waals surface area contributed by atoms with Crippen LogP contribution < -0.4 is 5.32 Å². The van der Waals surface area contributed by atoms with E-state index in [-0.39, 0.29) is 16.9 Å². The molecule has 4 aromatic rings. The molecule has 1 aliphatic heterocycles. The molecule has 0 saturated heterocycles. The molecule has 0 unspecified atom stereocenters. The summed E-state index contributed by atoms with van der Waals surface area (Å²) in [5.41, 5.74) is -1.91. The van der Waals surface area contributed by atoms with Crippen LogP contribution in [0.3, 0.4) is 0 Å². The Morgan fingerprint density at radius 1 is 1.10 bits per heavy atom. The van der Waals surface area contributed by atoms with Crippen molar-refractivity contribution in [3.8, 4) is 16.8 Å². The van der Waals surface area contributed by atoms with E-state index in [9.17, 15) is 13.2 Å². The Balaban J connectivity index is 1.93. The standard InChI is InChI=1S/C20H16F4N6/c1-9-28-29-18-19(2,3)27-15-13(20(22,23)24)8-12(14(21)16(15)30(9)18)10-4-6-25-17-11(10)5-7-26-17/h4-8,27H,1-3H3,(H,25,26). The molecule has 0 amide bonds. The quantitative estimate of drug-likeness (QED) is 0.432. The number of nitrogens with one attached hydrogen (secondary N) is 2. The summed E-state index contributed by atoms with van der Waals surface area (Å²) in [7, 11) is 0. The number of fused-ring (bicyclic) bond motifs is 4. The number of anilines is 1. The Kier molecular flexibility index (Phi) is 3.60. The minimum Gasteiger partial charge on any atom is -0.371 e. The fraction of sp³-hybridized carbons (Fsp3) is 0.250. The fourth-order valence-electron chi connectivity index (χ4n) is 4.00. The van der Waals surface area contributed by atoms with Crippen molar-refractivity contribution < 1.29 is 17.6 Å². The van der Waals surface area contributed by atoms with Gasteiger partial charge >= 0.3 is 6.18 Å². The van der Waals surface area contributed by atoms with E-state index in [4.69, 9.17) is 0 Å². The number of H-pyrrole nitrogens is 1. The summed E-state index contributed by atoms with van der Waals surface area (Å²) in [6.45, 7) is 4.93. The van der Waals surface area contributed by atoms with Crippen molar-refractivity contribution in [1.82, 2.24) is 24.7 Å². The van der Waals surface area contributed by atoms with Gasteiger partial charge in [-0.3, -0.25) is 4.57 Å². The second-order valence-corrected chi connectivity index (χ2v) is 7.76. The molecule has 0 radical (unpaired) electrons. The second-order valence-electron chi connectivity index (χ2n) is 7.76. The summed E-state index contributed by atoms with van der Waals surface area (Å²) in [6.07, 6.45) is -1.68. The van der Waals surface area contributed by atoms with Crippen LogP contribution in [0.5, 0.6) is 0 Å². The number of benzene rings is 1. The van der Waals surface area contributed by atoms with E-state index in [0.29, 0.717) is 28.2 Å². The highest BCUT2D eigenvalue weighted by Gasteiger charge is 2.43. The van der Waals surface area contributed by atoms with Crippen LogP contribution in [0.1, 0.15) is 31.1 Å². The average Bonchev–Trinajstić information content (AvgIpc) is 3.28. The van der Waals surface area contributed by atoms with Gasteiger partial charge in [-0.1, -0.05) is 0 Å². The maximum absolute atomic E-state index is 15.9. The highest BCUT2D eigenvalue weighted by atomic mass is 19.4. The van der Waals surface area contributed by atoms with E-state index < -0.39 is 23.1 Å². The number of rotatable bonds is 1. The molecule has 6 nitrogen and oxygen atoms in total. The van der Waals surface area contributed by atoms with Crippen LogP contribution in [0, 0.1) is 12.7 Å². The number of hydrogen-bond acceptors (Lipinski definition) is 4. The van der Waals surface area contributed by atoms with Crippen LogP contribution >= 0.6 is 0 Å². The van der Waals surface area contributed by atoms with Crippen LogP contribution in [-0.2, 0) is 11.7 Å². The summed E-state index contributed by atoms with van der Waals surface area (Å²) < 4.78 is 59.5. The molecule has 3 aromatic heterocycles.